The van der Waals surface area contributed by atoms with Gasteiger partial charge in [0, 0.05) is 15.1 Å². The highest BCUT2D eigenvalue weighted by atomic mass is 79.9. The summed E-state index contributed by atoms with van der Waals surface area (Å²) >= 11 is 5.21. The second-order valence-electron chi connectivity index (χ2n) is 4.42. The van der Waals surface area contributed by atoms with Gasteiger partial charge >= 0.3 is 0 Å². The zero-order chi connectivity index (χ0) is 13.5. The van der Waals surface area contributed by atoms with Gasteiger partial charge in [-0.3, -0.25) is 0 Å². The minimum atomic E-state index is -0.266. The summed E-state index contributed by atoms with van der Waals surface area (Å²) in [7, 11) is 0. The average Bonchev–Trinajstić information content (AvgIpc) is 2.45. The van der Waals surface area contributed by atoms with E-state index in [-0.39, 0.29) is 6.10 Å². The summed E-state index contributed by atoms with van der Waals surface area (Å²) in [6, 6.07) is 18.4. The van der Waals surface area contributed by atoms with E-state index in [2.05, 4.69) is 34.1 Å². The Hall–Kier alpha value is -0.770. The minimum Gasteiger partial charge on any atom is -0.392 e. The van der Waals surface area contributed by atoms with Gasteiger partial charge in [0.2, 0.25) is 0 Å². The van der Waals surface area contributed by atoms with Gasteiger partial charge < -0.3 is 5.11 Å². The molecule has 0 heterocycles. The number of hydrogen-bond acceptors (Lipinski definition) is 2. The zero-order valence-electron chi connectivity index (χ0n) is 10.6. The van der Waals surface area contributed by atoms with Gasteiger partial charge in [-0.05, 0) is 46.5 Å². The molecule has 100 valence electrons. The van der Waals surface area contributed by atoms with Crippen LogP contribution in [0.25, 0.3) is 0 Å². The molecule has 1 N–H and O–H groups in total. The lowest BCUT2D eigenvalue weighted by Gasteiger charge is -2.11. The molecule has 0 aliphatic carbocycles. The van der Waals surface area contributed by atoms with Crippen LogP contribution in [0.2, 0.25) is 0 Å². The number of hydrogen-bond donors (Lipinski definition) is 1. The van der Waals surface area contributed by atoms with Crippen LogP contribution < -0.4 is 0 Å². The Labute approximate surface area is 127 Å². The smallest absolute Gasteiger partial charge is 0.0637 e. The Morgan fingerprint density at radius 2 is 1.68 bits per heavy atom. The van der Waals surface area contributed by atoms with Crippen LogP contribution in [0.5, 0.6) is 0 Å². The van der Waals surface area contributed by atoms with Crippen molar-refractivity contribution in [3.63, 3.8) is 0 Å². The number of thioether (sulfide) groups is 1. The molecule has 0 aromatic heterocycles. The number of benzene rings is 2. The van der Waals surface area contributed by atoms with Crippen molar-refractivity contribution in [2.24, 2.45) is 0 Å². The van der Waals surface area contributed by atoms with Gasteiger partial charge in [0.1, 0.15) is 0 Å². The monoisotopic (exact) mass is 336 g/mol. The van der Waals surface area contributed by atoms with Crippen molar-refractivity contribution < 1.29 is 5.11 Å². The number of aliphatic hydroxyl groups is 1. The molecule has 19 heavy (non-hydrogen) atoms. The Balaban J connectivity index is 1.76. The molecular weight excluding hydrogens is 320 g/mol. The molecule has 0 bridgehead atoms. The van der Waals surface area contributed by atoms with Crippen LogP contribution >= 0.6 is 27.7 Å². The standard InChI is InChI=1S/C16H17BrOS/c17-15-8-4-5-9-16(15)19-12-14(18)11-10-13-6-2-1-3-7-13/h1-9,14,18H,10-12H2. The quantitative estimate of drug-likeness (QED) is 0.781. The van der Waals surface area contributed by atoms with Crippen LogP contribution in [0.4, 0.5) is 0 Å². The van der Waals surface area contributed by atoms with Crippen molar-refractivity contribution in [3.8, 4) is 0 Å². The van der Waals surface area contributed by atoms with E-state index in [9.17, 15) is 5.11 Å². The fourth-order valence-electron chi connectivity index (χ4n) is 1.81. The third-order valence-corrected chi connectivity index (χ3v) is 5.05. The first-order chi connectivity index (χ1) is 9.25. The van der Waals surface area contributed by atoms with E-state index < -0.39 is 0 Å². The van der Waals surface area contributed by atoms with Crippen molar-refractivity contribution in [1.29, 1.82) is 0 Å². The molecule has 0 aliphatic rings. The molecule has 1 nitrogen and oxygen atoms in total. The summed E-state index contributed by atoms with van der Waals surface area (Å²) in [6.45, 7) is 0. The second-order valence-corrected chi connectivity index (χ2v) is 6.34. The van der Waals surface area contributed by atoms with Crippen molar-refractivity contribution >= 4 is 27.7 Å². The van der Waals surface area contributed by atoms with E-state index in [0.717, 1.165) is 23.1 Å². The third kappa shape index (κ3) is 5.01. The van der Waals surface area contributed by atoms with Gasteiger partial charge in [0.05, 0.1) is 6.10 Å². The second kappa shape index (κ2) is 7.73. The average molecular weight is 337 g/mol. The topological polar surface area (TPSA) is 20.2 Å². The van der Waals surface area contributed by atoms with E-state index in [0.29, 0.717) is 0 Å². The number of aryl methyl sites for hydroxylation is 1. The van der Waals surface area contributed by atoms with Crippen LogP contribution in [0.15, 0.2) is 64.0 Å². The van der Waals surface area contributed by atoms with E-state index in [1.54, 1.807) is 11.8 Å². The van der Waals surface area contributed by atoms with Gasteiger partial charge in [-0.15, -0.1) is 11.8 Å². The summed E-state index contributed by atoms with van der Waals surface area (Å²) in [4.78, 5) is 1.18. The van der Waals surface area contributed by atoms with Crippen LogP contribution in [0.1, 0.15) is 12.0 Å². The third-order valence-electron chi connectivity index (χ3n) is 2.88. The van der Waals surface area contributed by atoms with Gasteiger partial charge in [0.25, 0.3) is 0 Å². The highest BCUT2D eigenvalue weighted by molar-refractivity contribution is 9.10. The van der Waals surface area contributed by atoms with Crippen LogP contribution in [-0.4, -0.2) is 17.0 Å². The Morgan fingerprint density at radius 3 is 2.42 bits per heavy atom. The van der Waals surface area contributed by atoms with Crippen LogP contribution in [0, 0.1) is 0 Å². The Morgan fingerprint density at radius 1 is 1.00 bits per heavy atom. The molecule has 3 heteroatoms. The van der Waals surface area contributed by atoms with Crippen molar-refractivity contribution in [1.82, 2.24) is 0 Å². The molecule has 0 saturated heterocycles. The van der Waals surface area contributed by atoms with Gasteiger partial charge in [-0.2, -0.15) is 0 Å². The van der Waals surface area contributed by atoms with Crippen LogP contribution in [-0.2, 0) is 6.42 Å². The molecule has 0 spiro atoms. The summed E-state index contributed by atoms with van der Waals surface area (Å²) in [5, 5.41) is 10.0. The molecule has 0 aliphatic heterocycles. The molecule has 0 radical (unpaired) electrons. The summed E-state index contributed by atoms with van der Waals surface area (Å²) < 4.78 is 1.09. The van der Waals surface area contributed by atoms with Crippen LogP contribution in [0.3, 0.4) is 0 Å². The highest BCUT2D eigenvalue weighted by Crippen LogP contribution is 2.27. The summed E-state index contributed by atoms with van der Waals surface area (Å²) in [5.74, 6) is 0.732. The first-order valence-electron chi connectivity index (χ1n) is 6.35. The number of aliphatic hydroxyl groups excluding tert-OH is 1. The lowest BCUT2D eigenvalue weighted by atomic mass is 10.1. The van der Waals surface area contributed by atoms with E-state index in [4.69, 9.17) is 0 Å². The lowest BCUT2D eigenvalue weighted by Crippen LogP contribution is -2.11. The number of halogens is 1. The molecule has 0 fully saturated rings. The van der Waals surface area contributed by atoms with Crippen molar-refractivity contribution in [2.75, 3.05) is 5.75 Å². The molecule has 1 unspecified atom stereocenters. The first kappa shape index (κ1) is 14.6. The Bertz CT molecular complexity index is 501. The summed E-state index contributed by atoms with van der Waals surface area (Å²) in [6.07, 6.45) is 1.47. The van der Waals surface area contributed by atoms with E-state index in [1.165, 1.54) is 10.5 Å². The lowest BCUT2D eigenvalue weighted by molar-refractivity contribution is 0.189. The Kier molecular flexibility index (Phi) is 5.95. The molecule has 2 rings (SSSR count). The fraction of sp³-hybridized carbons (Fsp3) is 0.250. The van der Waals surface area contributed by atoms with Crippen molar-refractivity contribution in [3.05, 3.63) is 64.6 Å². The molecule has 2 aromatic rings. The predicted molar refractivity (Wildman–Crippen MR) is 85.6 cm³/mol. The molecule has 2 aromatic carbocycles. The van der Waals surface area contributed by atoms with Crippen molar-refractivity contribution in [2.45, 2.75) is 23.8 Å². The zero-order valence-corrected chi connectivity index (χ0v) is 13.0. The van der Waals surface area contributed by atoms with E-state index >= 15 is 0 Å². The first-order valence-corrected chi connectivity index (χ1v) is 8.13. The van der Waals surface area contributed by atoms with Gasteiger partial charge in [-0.1, -0.05) is 42.5 Å². The highest BCUT2D eigenvalue weighted by Gasteiger charge is 2.07. The maximum absolute atomic E-state index is 10.0. The van der Waals surface area contributed by atoms with Gasteiger partial charge in [-0.25, -0.2) is 0 Å². The fourth-order valence-corrected chi connectivity index (χ4v) is 3.36. The largest absolute Gasteiger partial charge is 0.392 e. The van der Waals surface area contributed by atoms with E-state index in [1.807, 2.05) is 36.4 Å². The normalized spacial score (nSPS) is 12.3. The number of rotatable bonds is 6. The molecular formula is C16H17BrOS. The summed E-state index contributed by atoms with van der Waals surface area (Å²) in [5.41, 5.74) is 1.28. The minimum absolute atomic E-state index is 0.266. The maximum atomic E-state index is 10.0. The predicted octanol–water partition coefficient (Wildman–Crippen LogP) is 4.53. The maximum Gasteiger partial charge on any atom is 0.0637 e. The van der Waals surface area contributed by atoms with Gasteiger partial charge in [0.15, 0.2) is 0 Å². The molecule has 0 amide bonds. The SMILES string of the molecule is OC(CCc1ccccc1)CSc1ccccc1Br. The molecule has 1 atom stereocenters. The molecule has 0 saturated carbocycles.